The fourth-order valence-electron chi connectivity index (χ4n) is 7.62. The first-order valence-electron chi connectivity index (χ1n) is 20.6. The zero-order valence-corrected chi connectivity index (χ0v) is 33.4. The minimum absolute atomic E-state index is 0.172. The van der Waals surface area contributed by atoms with Gasteiger partial charge >= 0.3 is 0 Å². The second-order valence-corrected chi connectivity index (χ2v) is 14.7. The molecule has 0 atom stereocenters. The largest absolute Gasteiger partial charge is 0.507 e. The predicted molar refractivity (Wildman–Crippen MR) is 241 cm³/mol. The minimum atomic E-state index is 0.172. The number of aromatic hydroxyl groups is 4. The van der Waals surface area contributed by atoms with Gasteiger partial charge in [0.2, 0.25) is 0 Å². The van der Waals surface area contributed by atoms with Gasteiger partial charge < -0.3 is 34.6 Å². The predicted octanol–water partition coefficient (Wildman–Crippen LogP) is 12.5. The van der Waals surface area contributed by atoms with E-state index in [-0.39, 0.29) is 23.0 Å². The quantitative estimate of drug-likeness (QED) is 0.138. The minimum Gasteiger partial charge on any atom is -0.507 e. The summed E-state index contributed by atoms with van der Waals surface area (Å²) in [6.07, 6.45) is 7.67. The van der Waals surface area contributed by atoms with Crippen LogP contribution in [0.4, 0.5) is 0 Å². The van der Waals surface area contributed by atoms with Gasteiger partial charge in [0.05, 0.1) is 0 Å². The highest BCUT2D eigenvalue weighted by Gasteiger charge is 2.17. The molecule has 0 amide bonds. The Morgan fingerprint density at radius 3 is 0.644 bits per heavy atom. The Hall–Kier alpha value is -6.12. The molecule has 8 aromatic rings. The standard InChI is InChI=1S/2C20H14O2.3C4H8O/c2*21-17-11-9-13-5-1-3-7-15(13)19(17)20-16-8-4-2-6-14(16)10-12-18(20)22;3*1-2-4-5-3-1/h2*1-12,21-22H;3*1-4H2. The van der Waals surface area contributed by atoms with Gasteiger partial charge in [0.15, 0.2) is 0 Å². The van der Waals surface area contributed by atoms with Crippen LogP contribution in [0.5, 0.6) is 23.0 Å². The highest BCUT2D eigenvalue weighted by molar-refractivity contribution is 6.10. The van der Waals surface area contributed by atoms with E-state index < -0.39 is 0 Å². The Kier molecular flexibility index (Phi) is 14.3. The van der Waals surface area contributed by atoms with E-state index in [9.17, 15) is 20.4 Å². The van der Waals surface area contributed by atoms with Crippen LogP contribution in [-0.2, 0) is 14.2 Å². The second kappa shape index (κ2) is 20.5. The zero-order valence-electron chi connectivity index (χ0n) is 33.4. The summed E-state index contributed by atoms with van der Waals surface area (Å²) in [5.41, 5.74) is 2.69. The monoisotopic (exact) mass is 788 g/mol. The Morgan fingerprint density at radius 1 is 0.254 bits per heavy atom. The summed E-state index contributed by atoms with van der Waals surface area (Å²) in [7, 11) is 0. The molecule has 59 heavy (non-hydrogen) atoms. The van der Waals surface area contributed by atoms with Crippen LogP contribution in [0.3, 0.4) is 0 Å². The number of hydrogen-bond acceptors (Lipinski definition) is 7. The molecule has 0 aliphatic carbocycles. The molecule has 3 heterocycles. The lowest BCUT2D eigenvalue weighted by molar-refractivity contribution is 0.198. The first kappa shape index (κ1) is 41.1. The maximum Gasteiger partial charge on any atom is 0.124 e. The number of hydrogen-bond donors (Lipinski definition) is 4. The van der Waals surface area contributed by atoms with Crippen molar-refractivity contribution in [2.45, 2.75) is 38.5 Å². The average molecular weight is 789 g/mol. The number of fused-ring (bicyclic) bond motifs is 4. The summed E-state index contributed by atoms with van der Waals surface area (Å²) in [5, 5.41) is 49.6. The van der Waals surface area contributed by atoms with Crippen LogP contribution < -0.4 is 0 Å². The van der Waals surface area contributed by atoms with E-state index in [2.05, 4.69) is 0 Å². The summed E-state index contributed by atoms with van der Waals surface area (Å²) in [5.74, 6) is 0.686. The molecule has 3 saturated heterocycles. The van der Waals surface area contributed by atoms with E-state index in [1.807, 2.05) is 121 Å². The lowest BCUT2D eigenvalue weighted by atomic mass is 9.92. The molecule has 0 spiro atoms. The van der Waals surface area contributed by atoms with Gasteiger partial charge in [0.25, 0.3) is 0 Å². The molecule has 11 rings (SSSR count). The molecule has 0 saturated carbocycles. The SMILES string of the molecule is C1CCOC1.C1CCOC1.C1CCOC1.Oc1ccc2ccccc2c1-c1c(O)ccc2ccccc12.Oc1ccc2ccccc2c1-c1c(O)ccc2ccccc12. The van der Waals surface area contributed by atoms with Crippen LogP contribution in [0.1, 0.15) is 38.5 Å². The van der Waals surface area contributed by atoms with Crippen molar-refractivity contribution in [1.29, 1.82) is 0 Å². The van der Waals surface area contributed by atoms with E-state index in [0.29, 0.717) is 22.3 Å². The molecule has 8 aromatic carbocycles. The number of ether oxygens (including phenoxy) is 3. The number of phenols is 4. The number of benzene rings is 8. The molecule has 302 valence electrons. The number of rotatable bonds is 2. The van der Waals surface area contributed by atoms with Crippen molar-refractivity contribution in [3.05, 3.63) is 146 Å². The Labute approximate surface area is 345 Å². The van der Waals surface area contributed by atoms with Gasteiger partial charge in [-0.25, -0.2) is 0 Å². The van der Waals surface area contributed by atoms with Gasteiger partial charge in [0.1, 0.15) is 23.0 Å². The molecule has 3 aliphatic rings. The summed E-state index contributed by atoms with van der Waals surface area (Å²) in [6.45, 7) is 6.00. The van der Waals surface area contributed by atoms with Crippen LogP contribution in [-0.4, -0.2) is 60.1 Å². The number of phenolic OH excluding ortho intramolecular Hbond substituents is 4. The normalized spacial score (nSPS) is 14.4. The molecule has 4 N–H and O–H groups in total. The molecular weight excluding hydrogens is 737 g/mol. The van der Waals surface area contributed by atoms with E-state index in [1.54, 1.807) is 24.3 Å². The van der Waals surface area contributed by atoms with Gasteiger partial charge in [-0.3, -0.25) is 0 Å². The smallest absolute Gasteiger partial charge is 0.124 e. The first-order valence-corrected chi connectivity index (χ1v) is 20.6. The molecule has 0 aromatic heterocycles. The summed E-state index contributed by atoms with van der Waals surface area (Å²) in [6, 6.07) is 45.7. The molecular formula is C52H52O7. The highest BCUT2D eigenvalue weighted by atomic mass is 16.5. The third-order valence-corrected chi connectivity index (χ3v) is 10.6. The van der Waals surface area contributed by atoms with Gasteiger partial charge in [-0.2, -0.15) is 0 Å². The van der Waals surface area contributed by atoms with Crippen molar-refractivity contribution in [3.63, 3.8) is 0 Å². The summed E-state index contributed by atoms with van der Waals surface area (Å²) >= 11 is 0. The maximum absolute atomic E-state index is 10.4. The molecule has 7 heteroatoms. The molecule has 3 fully saturated rings. The highest BCUT2D eigenvalue weighted by Crippen LogP contribution is 2.45. The van der Waals surface area contributed by atoms with Crippen molar-refractivity contribution in [2.24, 2.45) is 0 Å². The van der Waals surface area contributed by atoms with Crippen molar-refractivity contribution in [2.75, 3.05) is 39.6 Å². The van der Waals surface area contributed by atoms with E-state index in [4.69, 9.17) is 14.2 Å². The van der Waals surface area contributed by atoms with Gasteiger partial charge in [-0.05, 0) is 106 Å². The van der Waals surface area contributed by atoms with Crippen molar-refractivity contribution in [1.82, 2.24) is 0 Å². The van der Waals surface area contributed by atoms with Crippen molar-refractivity contribution < 1.29 is 34.6 Å². The molecule has 0 bridgehead atoms. The van der Waals surface area contributed by atoms with E-state index >= 15 is 0 Å². The van der Waals surface area contributed by atoms with Gasteiger partial charge in [0, 0.05) is 61.9 Å². The third kappa shape index (κ3) is 10.1. The maximum atomic E-state index is 10.4. The van der Waals surface area contributed by atoms with Crippen molar-refractivity contribution >= 4 is 43.1 Å². The topological polar surface area (TPSA) is 109 Å². The fraction of sp³-hybridized carbons (Fsp3) is 0.231. The Balaban J connectivity index is 0.000000132. The molecule has 7 nitrogen and oxygen atoms in total. The Morgan fingerprint density at radius 2 is 0.458 bits per heavy atom. The van der Waals surface area contributed by atoms with E-state index in [0.717, 1.165) is 82.7 Å². The summed E-state index contributed by atoms with van der Waals surface area (Å²) in [4.78, 5) is 0. The zero-order chi connectivity index (χ0) is 40.8. The third-order valence-electron chi connectivity index (χ3n) is 10.6. The van der Waals surface area contributed by atoms with Crippen LogP contribution in [0.2, 0.25) is 0 Å². The van der Waals surface area contributed by atoms with Crippen LogP contribution in [0, 0.1) is 0 Å². The lowest BCUT2D eigenvalue weighted by Gasteiger charge is -2.14. The Bertz CT molecular complexity index is 2230. The lowest BCUT2D eigenvalue weighted by Crippen LogP contribution is -1.86. The fourth-order valence-corrected chi connectivity index (χ4v) is 7.62. The van der Waals surface area contributed by atoms with Crippen LogP contribution in [0.25, 0.3) is 65.3 Å². The average Bonchev–Trinajstić information content (AvgIpc) is 4.14. The first-order chi connectivity index (χ1) is 29.0. The summed E-state index contributed by atoms with van der Waals surface area (Å²) < 4.78 is 14.8. The van der Waals surface area contributed by atoms with Crippen LogP contribution in [0.15, 0.2) is 146 Å². The molecule has 3 aliphatic heterocycles. The van der Waals surface area contributed by atoms with E-state index in [1.165, 1.54) is 38.5 Å². The second-order valence-electron chi connectivity index (χ2n) is 14.7. The van der Waals surface area contributed by atoms with Crippen LogP contribution >= 0.6 is 0 Å². The molecule has 0 radical (unpaired) electrons. The van der Waals surface area contributed by atoms with Gasteiger partial charge in [-0.15, -0.1) is 0 Å². The molecule has 0 unspecified atom stereocenters. The van der Waals surface area contributed by atoms with Crippen molar-refractivity contribution in [3.8, 4) is 45.3 Å². The van der Waals surface area contributed by atoms with Gasteiger partial charge in [-0.1, -0.05) is 121 Å².